The molecule has 0 fully saturated rings. The normalized spacial score (nSPS) is 11.2. The smallest absolute Gasteiger partial charge is 0.287 e. The summed E-state index contributed by atoms with van der Waals surface area (Å²) in [6.45, 7) is -0.140. The summed E-state index contributed by atoms with van der Waals surface area (Å²) in [7, 11) is 0. The monoisotopic (exact) mass is 404 g/mol. The molecule has 4 rings (SSSR count). The molecule has 0 unspecified atom stereocenters. The van der Waals surface area contributed by atoms with Crippen molar-refractivity contribution < 1.29 is 8.78 Å². The van der Waals surface area contributed by atoms with Crippen LogP contribution in [-0.2, 0) is 6.54 Å². The molecule has 0 amide bonds. The van der Waals surface area contributed by atoms with Crippen LogP contribution in [0.15, 0.2) is 63.5 Å². The fraction of sp³-hybridized carbons (Fsp3) is 0.0526. The predicted octanol–water partition coefficient (Wildman–Crippen LogP) is 4.19. The molecular formula is C19H11ClF2N2O2S. The van der Waals surface area contributed by atoms with E-state index in [2.05, 4.69) is 0 Å². The standard InChI is InChI=1S/C19H11ClF2N2O2S/c20-14-2-1-3-15(22)13(14)10-23-16-8-9-27-17(16)18(25)24(19(23)26)12-6-4-11(21)5-7-12/h1-9H,10H2. The van der Waals surface area contributed by atoms with E-state index in [1.807, 2.05) is 0 Å². The lowest BCUT2D eigenvalue weighted by Gasteiger charge is -2.13. The van der Waals surface area contributed by atoms with E-state index in [1.165, 1.54) is 46.2 Å². The summed E-state index contributed by atoms with van der Waals surface area (Å²) in [5.74, 6) is -1.03. The van der Waals surface area contributed by atoms with Crippen molar-refractivity contribution in [2.45, 2.75) is 6.54 Å². The van der Waals surface area contributed by atoms with Crippen LogP contribution in [0.3, 0.4) is 0 Å². The average molecular weight is 405 g/mol. The number of aromatic nitrogens is 2. The largest absolute Gasteiger partial charge is 0.336 e. The highest BCUT2D eigenvalue weighted by Crippen LogP contribution is 2.22. The SMILES string of the molecule is O=c1c2sccc2n(Cc2c(F)cccc2Cl)c(=O)n1-c1ccc(F)cc1. The van der Waals surface area contributed by atoms with Gasteiger partial charge < -0.3 is 0 Å². The summed E-state index contributed by atoms with van der Waals surface area (Å²) in [5, 5.41) is 1.87. The second-order valence-corrected chi connectivity index (χ2v) is 7.14. The van der Waals surface area contributed by atoms with E-state index in [0.717, 1.165) is 16.7 Å². The van der Waals surface area contributed by atoms with Gasteiger partial charge in [0.25, 0.3) is 5.56 Å². The molecule has 8 heteroatoms. The van der Waals surface area contributed by atoms with E-state index in [0.29, 0.717) is 10.2 Å². The maximum Gasteiger partial charge on any atom is 0.336 e. The van der Waals surface area contributed by atoms with Crippen LogP contribution in [0.1, 0.15) is 5.56 Å². The van der Waals surface area contributed by atoms with Crippen LogP contribution >= 0.6 is 22.9 Å². The van der Waals surface area contributed by atoms with Crippen LogP contribution < -0.4 is 11.2 Å². The van der Waals surface area contributed by atoms with E-state index < -0.39 is 22.9 Å². The fourth-order valence-electron chi connectivity index (χ4n) is 2.90. The topological polar surface area (TPSA) is 44.0 Å². The van der Waals surface area contributed by atoms with Gasteiger partial charge in [-0.1, -0.05) is 17.7 Å². The Bertz CT molecular complexity index is 1260. The van der Waals surface area contributed by atoms with Gasteiger partial charge in [-0.25, -0.2) is 18.1 Å². The first kappa shape index (κ1) is 17.6. The number of fused-ring (bicyclic) bond motifs is 1. The summed E-state index contributed by atoms with van der Waals surface area (Å²) in [6, 6.07) is 10.9. The van der Waals surface area contributed by atoms with Crippen molar-refractivity contribution in [2.75, 3.05) is 0 Å². The lowest BCUT2D eigenvalue weighted by molar-refractivity contribution is 0.594. The highest BCUT2D eigenvalue weighted by atomic mass is 35.5. The van der Waals surface area contributed by atoms with Crippen LogP contribution in [0.5, 0.6) is 0 Å². The first-order chi connectivity index (χ1) is 13.0. The first-order valence-electron chi connectivity index (χ1n) is 7.89. The summed E-state index contributed by atoms with van der Waals surface area (Å²) >= 11 is 7.27. The van der Waals surface area contributed by atoms with Crippen LogP contribution in [-0.4, -0.2) is 9.13 Å². The van der Waals surface area contributed by atoms with Gasteiger partial charge >= 0.3 is 5.69 Å². The minimum absolute atomic E-state index is 0.140. The van der Waals surface area contributed by atoms with Crippen molar-refractivity contribution in [1.29, 1.82) is 0 Å². The number of thiophene rings is 1. The van der Waals surface area contributed by atoms with Crippen molar-refractivity contribution in [3.05, 3.63) is 97.0 Å². The van der Waals surface area contributed by atoms with E-state index in [1.54, 1.807) is 11.4 Å². The van der Waals surface area contributed by atoms with Gasteiger partial charge in [0.15, 0.2) is 0 Å². The Morgan fingerprint density at radius 3 is 2.44 bits per heavy atom. The molecule has 0 aliphatic heterocycles. The predicted molar refractivity (Wildman–Crippen MR) is 102 cm³/mol. The molecule has 0 radical (unpaired) electrons. The Kier molecular flexibility index (Phi) is 4.41. The van der Waals surface area contributed by atoms with Gasteiger partial charge in [-0.2, -0.15) is 0 Å². The molecule has 2 aromatic heterocycles. The molecule has 136 valence electrons. The number of benzene rings is 2. The molecule has 2 aromatic carbocycles. The van der Waals surface area contributed by atoms with Crippen molar-refractivity contribution in [1.82, 2.24) is 9.13 Å². The number of hydrogen-bond donors (Lipinski definition) is 0. The third-order valence-electron chi connectivity index (χ3n) is 4.22. The molecule has 27 heavy (non-hydrogen) atoms. The highest BCUT2D eigenvalue weighted by molar-refractivity contribution is 7.17. The van der Waals surface area contributed by atoms with Crippen molar-refractivity contribution >= 4 is 33.2 Å². The maximum absolute atomic E-state index is 14.2. The third kappa shape index (κ3) is 2.98. The molecule has 0 bridgehead atoms. The Hall–Kier alpha value is -2.77. The highest BCUT2D eigenvalue weighted by Gasteiger charge is 2.18. The van der Waals surface area contributed by atoms with Gasteiger partial charge in [-0.15, -0.1) is 11.3 Å². The van der Waals surface area contributed by atoms with E-state index in [9.17, 15) is 18.4 Å². The zero-order valence-corrected chi connectivity index (χ0v) is 15.2. The molecule has 4 aromatic rings. The van der Waals surface area contributed by atoms with Gasteiger partial charge in [-0.05, 0) is 47.8 Å². The Balaban J connectivity index is 2.01. The summed E-state index contributed by atoms with van der Waals surface area (Å²) in [6.07, 6.45) is 0. The number of nitrogens with zero attached hydrogens (tertiary/aromatic N) is 2. The lowest BCUT2D eigenvalue weighted by Crippen LogP contribution is -2.38. The van der Waals surface area contributed by atoms with Crippen LogP contribution in [0.2, 0.25) is 5.02 Å². The average Bonchev–Trinajstić information content (AvgIpc) is 3.12. The fourth-order valence-corrected chi connectivity index (χ4v) is 3.95. The zero-order valence-electron chi connectivity index (χ0n) is 13.7. The molecular weight excluding hydrogens is 394 g/mol. The van der Waals surface area contributed by atoms with Gasteiger partial charge in [0.05, 0.1) is 17.7 Å². The minimum atomic E-state index is -0.656. The molecule has 0 aliphatic carbocycles. The van der Waals surface area contributed by atoms with Gasteiger partial charge in [0, 0.05) is 10.6 Å². The number of rotatable bonds is 3. The quantitative estimate of drug-likeness (QED) is 0.514. The summed E-state index contributed by atoms with van der Waals surface area (Å²) in [4.78, 5) is 25.9. The number of hydrogen-bond acceptors (Lipinski definition) is 3. The maximum atomic E-state index is 14.2. The number of halogens is 3. The second-order valence-electron chi connectivity index (χ2n) is 5.82. The zero-order chi connectivity index (χ0) is 19.1. The van der Waals surface area contributed by atoms with Gasteiger partial charge in [-0.3, -0.25) is 9.36 Å². The van der Waals surface area contributed by atoms with Crippen molar-refractivity contribution in [3.8, 4) is 5.69 Å². The lowest BCUT2D eigenvalue weighted by atomic mass is 10.2. The first-order valence-corrected chi connectivity index (χ1v) is 9.15. The van der Waals surface area contributed by atoms with Crippen molar-refractivity contribution in [2.24, 2.45) is 0 Å². The summed E-state index contributed by atoms with van der Waals surface area (Å²) < 4.78 is 30.1. The molecule has 0 saturated carbocycles. The molecule has 0 atom stereocenters. The van der Waals surface area contributed by atoms with Crippen molar-refractivity contribution in [3.63, 3.8) is 0 Å². The van der Waals surface area contributed by atoms with Gasteiger partial charge in [0.1, 0.15) is 16.3 Å². The molecule has 2 heterocycles. The Morgan fingerprint density at radius 2 is 1.74 bits per heavy atom. The third-order valence-corrected chi connectivity index (χ3v) is 5.46. The summed E-state index contributed by atoms with van der Waals surface area (Å²) in [5.41, 5.74) is -0.384. The second kappa shape index (κ2) is 6.75. The minimum Gasteiger partial charge on any atom is -0.287 e. The molecule has 0 N–H and O–H groups in total. The van der Waals surface area contributed by atoms with Crippen LogP contribution in [0, 0.1) is 11.6 Å². The Morgan fingerprint density at radius 1 is 1.00 bits per heavy atom. The van der Waals surface area contributed by atoms with Crippen LogP contribution in [0.25, 0.3) is 15.9 Å². The van der Waals surface area contributed by atoms with E-state index in [-0.39, 0.29) is 22.8 Å². The molecule has 0 aliphatic rings. The van der Waals surface area contributed by atoms with E-state index in [4.69, 9.17) is 11.6 Å². The van der Waals surface area contributed by atoms with E-state index >= 15 is 0 Å². The molecule has 0 saturated heterocycles. The van der Waals surface area contributed by atoms with Gasteiger partial charge in [0.2, 0.25) is 0 Å². The Labute approximate surface area is 160 Å². The van der Waals surface area contributed by atoms with Crippen LogP contribution in [0.4, 0.5) is 8.78 Å². The molecule has 0 spiro atoms. The molecule has 4 nitrogen and oxygen atoms in total.